The van der Waals surface area contributed by atoms with E-state index < -0.39 is 0 Å². The van der Waals surface area contributed by atoms with Gasteiger partial charge in [0, 0.05) is 18.7 Å². The van der Waals surface area contributed by atoms with Crippen molar-refractivity contribution in [2.75, 3.05) is 6.54 Å². The maximum atomic E-state index is 13.4. The molecule has 24 heavy (non-hydrogen) atoms. The lowest BCUT2D eigenvalue weighted by atomic mass is 10.1. The molecule has 2 aromatic rings. The average molecular weight is 323 g/mol. The lowest BCUT2D eigenvalue weighted by Gasteiger charge is -2.21. The highest BCUT2D eigenvalue weighted by Crippen LogP contribution is 2.48. The minimum absolute atomic E-state index is 0.0187. The van der Waals surface area contributed by atoms with E-state index in [-0.39, 0.29) is 30.0 Å². The van der Waals surface area contributed by atoms with Crippen LogP contribution in [0.2, 0.25) is 0 Å². The molecule has 0 unspecified atom stereocenters. The van der Waals surface area contributed by atoms with Crippen molar-refractivity contribution in [2.45, 2.75) is 25.3 Å². The van der Waals surface area contributed by atoms with Crippen molar-refractivity contribution in [1.29, 1.82) is 5.26 Å². The van der Waals surface area contributed by atoms with Crippen LogP contribution in [0.5, 0.6) is 0 Å². The Kier molecular flexibility index (Phi) is 4.85. The molecular formula is C19H18FN3O. The van der Waals surface area contributed by atoms with Crippen molar-refractivity contribution in [2.24, 2.45) is 5.92 Å². The number of hydrogen-bond acceptors (Lipinski definition) is 3. The van der Waals surface area contributed by atoms with Gasteiger partial charge in [0.05, 0.1) is 24.7 Å². The Balaban J connectivity index is 1.69. The number of carbonyl (C=O) groups is 1. The van der Waals surface area contributed by atoms with Crippen molar-refractivity contribution in [3.8, 4) is 6.07 Å². The van der Waals surface area contributed by atoms with Gasteiger partial charge in [-0.1, -0.05) is 18.2 Å². The molecule has 1 heterocycles. The van der Waals surface area contributed by atoms with Gasteiger partial charge in [0.1, 0.15) is 5.82 Å². The molecule has 0 aliphatic heterocycles. The highest BCUT2D eigenvalue weighted by atomic mass is 19.1. The van der Waals surface area contributed by atoms with Gasteiger partial charge in [-0.3, -0.25) is 9.78 Å². The highest BCUT2D eigenvalue weighted by Gasteiger charge is 2.45. The first kappa shape index (κ1) is 16.1. The summed E-state index contributed by atoms with van der Waals surface area (Å²) in [5.74, 6) is -0.318. The average Bonchev–Trinajstić information content (AvgIpc) is 3.39. The van der Waals surface area contributed by atoms with E-state index in [1.54, 1.807) is 17.2 Å². The van der Waals surface area contributed by atoms with Crippen LogP contribution in [0.1, 0.15) is 30.0 Å². The molecule has 1 fully saturated rings. The first-order valence-electron chi connectivity index (χ1n) is 8.00. The minimum atomic E-state index is -0.277. The molecule has 0 radical (unpaired) electrons. The maximum absolute atomic E-state index is 13.4. The Morgan fingerprint density at radius 2 is 2.21 bits per heavy atom. The van der Waals surface area contributed by atoms with Crippen LogP contribution in [0.15, 0.2) is 48.7 Å². The zero-order chi connectivity index (χ0) is 16.9. The summed E-state index contributed by atoms with van der Waals surface area (Å²) in [4.78, 5) is 18.7. The van der Waals surface area contributed by atoms with Crippen molar-refractivity contribution >= 4 is 5.91 Å². The summed E-state index contributed by atoms with van der Waals surface area (Å²) in [6, 6.07) is 14.1. The third-order valence-corrected chi connectivity index (χ3v) is 4.27. The van der Waals surface area contributed by atoms with Crippen LogP contribution in [0.3, 0.4) is 0 Å². The Hall–Kier alpha value is -2.74. The topological polar surface area (TPSA) is 57.0 Å². The Bertz CT molecular complexity index is 757. The Morgan fingerprint density at radius 1 is 1.33 bits per heavy atom. The summed E-state index contributed by atoms with van der Waals surface area (Å²) in [7, 11) is 0. The lowest BCUT2D eigenvalue weighted by Crippen LogP contribution is -2.33. The smallest absolute Gasteiger partial charge is 0.226 e. The molecule has 0 spiro atoms. The standard InChI is InChI=1S/C19H18FN3O/c20-15-6-3-5-14(11-15)17-12-18(17)19(24)23(10-4-8-21)13-16-7-1-2-9-22-16/h1-3,5-7,9,11,17-18H,4,10,12-13H2/t17-,18+/m1/s1. The van der Waals surface area contributed by atoms with Gasteiger partial charge in [0.15, 0.2) is 0 Å². The fraction of sp³-hybridized carbons (Fsp3) is 0.316. The van der Waals surface area contributed by atoms with Crippen LogP contribution >= 0.6 is 0 Å². The third-order valence-electron chi connectivity index (χ3n) is 4.27. The van der Waals surface area contributed by atoms with E-state index in [9.17, 15) is 9.18 Å². The third kappa shape index (κ3) is 3.77. The van der Waals surface area contributed by atoms with Crippen LogP contribution in [0, 0.1) is 23.1 Å². The van der Waals surface area contributed by atoms with Gasteiger partial charge < -0.3 is 4.90 Å². The van der Waals surface area contributed by atoms with E-state index in [0.717, 1.165) is 17.7 Å². The van der Waals surface area contributed by atoms with Crippen LogP contribution < -0.4 is 0 Å². The molecule has 122 valence electrons. The van der Waals surface area contributed by atoms with E-state index in [2.05, 4.69) is 11.1 Å². The molecule has 1 aliphatic rings. The number of amides is 1. The number of nitriles is 1. The molecule has 0 bridgehead atoms. The number of carbonyl (C=O) groups excluding carboxylic acids is 1. The predicted octanol–water partition coefficient (Wildman–Crippen LogP) is 3.27. The normalized spacial score (nSPS) is 18.7. The van der Waals surface area contributed by atoms with Crippen LogP contribution in [0.25, 0.3) is 0 Å². The highest BCUT2D eigenvalue weighted by molar-refractivity contribution is 5.83. The number of benzene rings is 1. The van der Waals surface area contributed by atoms with E-state index in [1.165, 1.54) is 12.1 Å². The molecule has 1 aromatic heterocycles. The van der Waals surface area contributed by atoms with Gasteiger partial charge in [0.25, 0.3) is 0 Å². The molecule has 1 aromatic carbocycles. The van der Waals surface area contributed by atoms with E-state index >= 15 is 0 Å². The van der Waals surface area contributed by atoms with Crippen LogP contribution in [0.4, 0.5) is 4.39 Å². The number of hydrogen-bond donors (Lipinski definition) is 0. The second-order valence-corrected chi connectivity index (χ2v) is 5.99. The number of aromatic nitrogens is 1. The first-order chi connectivity index (χ1) is 11.7. The van der Waals surface area contributed by atoms with Gasteiger partial charge in [-0.15, -0.1) is 0 Å². The second-order valence-electron chi connectivity index (χ2n) is 5.99. The van der Waals surface area contributed by atoms with Crippen molar-refractivity contribution in [3.05, 3.63) is 65.7 Å². The van der Waals surface area contributed by atoms with Crippen LogP contribution in [-0.4, -0.2) is 22.3 Å². The second kappa shape index (κ2) is 7.22. The molecule has 0 saturated heterocycles. The van der Waals surface area contributed by atoms with Crippen molar-refractivity contribution in [1.82, 2.24) is 9.88 Å². The van der Waals surface area contributed by atoms with Gasteiger partial charge in [-0.25, -0.2) is 4.39 Å². The molecule has 2 atom stereocenters. The SMILES string of the molecule is N#CCCN(Cc1ccccn1)C(=O)[C@H]1C[C@@H]1c1cccc(F)c1. The quantitative estimate of drug-likeness (QED) is 0.820. The summed E-state index contributed by atoms with van der Waals surface area (Å²) in [5.41, 5.74) is 1.66. The summed E-state index contributed by atoms with van der Waals surface area (Å²) in [6.45, 7) is 0.784. The van der Waals surface area contributed by atoms with Gasteiger partial charge in [-0.05, 0) is 42.2 Å². The fourth-order valence-corrected chi connectivity index (χ4v) is 2.95. The monoisotopic (exact) mass is 323 g/mol. The van der Waals surface area contributed by atoms with Gasteiger partial charge >= 0.3 is 0 Å². The molecule has 3 rings (SSSR count). The molecule has 1 amide bonds. The van der Waals surface area contributed by atoms with Gasteiger partial charge in [-0.2, -0.15) is 5.26 Å². The minimum Gasteiger partial charge on any atom is -0.336 e. The van der Waals surface area contributed by atoms with E-state index in [0.29, 0.717) is 13.1 Å². The Morgan fingerprint density at radius 3 is 2.92 bits per heavy atom. The van der Waals surface area contributed by atoms with Crippen LogP contribution in [-0.2, 0) is 11.3 Å². The number of halogens is 1. The van der Waals surface area contributed by atoms with E-state index in [1.807, 2.05) is 24.3 Å². The largest absolute Gasteiger partial charge is 0.336 e. The molecule has 1 aliphatic carbocycles. The molecular weight excluding hydrogens is 305 g/mol. The molecule has 1 saturated carbocycles. The molecule has 4 nitrogen and oxygen atoms in total. The number of nitrogens with zero attached hydrogens (tertiary/aromatic N) is 3. The summed E-state index contributed by atoms with van der Waals surface area (Å²) >= 11 is 0. The first-order valence-corrected chi connectivity index (χ1v) is 8.00. The zero-order valence-corrected chi connectivity index (χ0v) is 13.2. The Labute approximate surface area is 140 Å². The van der Waals surface area contributed by atoms with Crippen molar-refractivity contribution in [3.63, 3.8) is 0 Å². The number of pyridine rings is 1. The predicted molar refractivity (Wildman–Crippen MR) is 87.1 cm³/mol. The van der Waals surface area contributed by atoms with Crippen molar-refractivity contribution < 1.29 is 9.18 Å². The number of rotatable bonds is 6. The zero-order valence-electron chi connectivity index (χ0n) is 13.2. The molecule has 0 N–H and O–H groups in total. The molecule has 5 heteroatoms. The fourth-order valence-electron chi connectivity index (χ4n) is 2.95. The lowest BCUT2D eigenvalue weighted by molar-refractivity contribution is -0.133. The summed E-state index contributed by atoms with van der Waals surface area (Å²) < 4.78 is 13.4. The maximum Gasteiger partial charge on any atom is 0.226 e. The van der Waals surface area contributed by atoms with E-state index in [4.69, 9.17) is 5.26 Å². The summed E-state index contributed by atoms with van der Waals surface area (Å²) in [5, 5.41) is 8.83. The van der Waals surface area contributed by atoms with Gasteiger partial charge in [0.2, 0.25) is 5.91 Å². The summed E-state index contributed by atoms with van der Waals surface area (Å²) in [6.07, 6.45) is 2.71.